The van der Waals surface area contributed by atoms with Crippen LogP contribution in [-0.2, 0) is 9.59 Å². The SMILES string of the molecule is CC(C)CCCCCCCC1(C(=O)O)C=CC=CC1(CCCCCCCC(C)C)C(=O)O. The Bertz CT molecular complexity index is 565. The Morgan fingerprint density at radius 3 is 1.22 bits per heavy atom. The Morgan fingerprint density at radius 1 is 0.594 bits per heavy atom. The number of allylic oxidation sites excluding steroid dienone is 2. The van der Waals surface area contributed by atoms with Gasteiger partial charge in [-0.2, -0.15) is 0 Å². The van der Waals surface area contributed by atoms with Crippen molar-refractivity contribution in [3.05, 3.63) is 24.3 Å². The van der Waals surface area contributed by atoms with Crippen molar-refractivity contribution in [2.24, 2.45) is 22.7 Å². The molecule has 0 spiro atoms. The molecule has 32 heavy (non-hydrogen) atoms. The first kappa shape index (κ1) is 28.5. The van der Waals surface area contributed by atoms with Crippen LogP contribution in [0.3, 0.4) is 0 Å². The van der Waals surface area contributed by atoms with Gasteiger partial charge < -0.3 is 10.2 Å². The lowest BCUT2D eigenvalue weighted by molar-refractivity contribution is -0.167. The van der Waals surface area contributed by atoms with Crippen molar-refractivity contribution in [3.63, 3.8) is 0 Å². The molecule has 0 amide bonds. The van der Waals surface area contributed by atoms with Gasteiger partial charge >= 0.3 is 11.9 Å². The number of unbranched alkanes of at least 4 members (excludes halogenated alkanes) is 8. The zero-order valence-corrected chi connectivity index (χ0v) is 21.1. The molecule has 0 aromatic rings. The lowest BCUT2D eigenvalue weighted by Crippen LogP contribution is -2.51. The summed E-state index contributed by atoms with van der Waals surface area (Å²) in [5, 5.41) is 20.5. The molecule has 0 saturated heterocycles. The van der Waals surface area contributed by atoms with Crippen LogP contribution in [0.2, 0.25) is 0 Å². The Hall–Kier alpha value is -1.58. The van der Waals surface area contributed by atoms with Gasteiger partial charge in [-0.3, -0.25) is 9.59 Å². The zero-order chi connectivity index (χ0) is 24.0. The summed E-state index contributed by atoms with van der Waals surface area (Å²) in [6.07, 6.45) is 20.3. The Kier molecular flexibility index (Phi) is 12.9. The third-order valence-corrected chi connectivity index (χ3v) is 7.14. The molecule has 1 aliphatic carbocycles. The molecule has 0 fully saturated rings. The smallest absolute Gasteiger partial charge is 0.315 e. The predicted molar refractivity (Wildman–Crippen MR) is 133 cm³/mol. The van der Waals surface area contributed by atoms with Crippen LogP contribution in [0.5, 0.6) is 0 Å². The van der Waals surface area contributed by atoms with Crippen LogP contribution in [0, 0.1) is 22.7 Å². The standard InChI is InChI=1S/C28H48O4/c1-23(2)17-11-7-5-9-13-19-27(25(29)30)21-15-16-22-28(27,26(31)32)20-14-10-6-8-12-18-24(3)4/h15-16,21-24H,5-14,17-20H2,1-4H3,(H,29,30)(H,31,32). The molecule has 184 valence electrons. The summed E-state index contributed by atoms with van der Waals surface area (Å²) in [6.45, 7) is 8.93. The summed E-state index contributed by atoms with van der Waals surface area (Å²) in [6, 6.07) is 0. The number of rotatable bonds is 18. The summed E-state index contributed by atoms with van der Waals surface area (Å²) in [5.74, 6) is -0.568. The summed E-state index contributed by atoms with van der Waals surface area (Å²) in [5.41, 5.74) is -2.72. The second-order valence-electron chi connectivity index (χ2n) is 10.7. The lowest BCUT2D eigenvalue weighted by Gasteiger charge is -2.43. The monoisotopic (exact) mass is 448 g/mol. The molecule has 4 heteroatoms. The number of hydrogen-bond donors (Lipinski definition) is 2. The topological polar surface area (TPSA) is 74.6 Å². The van der Waals surface area contributed by atoms with Crippen molar-refractivity contribution in [2.45, 2.75) is 118 Å². The molecular weight excluding hydrogens is 400 g/mol. The van der Waals surface area contributed by atoms with Crippen LogP contribution in [0.15, 0.2) is 24.3 Å². The van der Waals surface area contributed by atoms with E-state index in [1.54, 1.807) is 24.3 Å². The largest absolute Gasteiger partial charge is 0.481 e. The molecule has 0 aromatic heterocycles. The minimum absolute atomic E-state index is 0.383. The number of carboxylic acid groups (broad SMARTS) is 2. The van der Waals surface area contributed by atoms with E-state index in [-0.39, 0.29) is 0 Å². The number of hydrogen-bond acceptors (Lipinski definition) is 2. The number of carbonyl (C=O) groups is 2. The molecule has 0 aromatic carbocycles. The van der Waals surface area contributed by atoms with E-state index in [4.69, 9.17) is 0 Å². The summed E-state index contributed by atoms with van der Waals surface area (Å²) in [4.78, 5) is 25.1. The van der Waals surface area contributed by atoms with Gasteiger partial charge in [-0.15, -0.1) is 0 Å². The molecule has 4 nitrogen and oxygen atoms in total. The fraction of sp³-hybridized carbons (Fsp3) is 0.786. The first-order valence-electron chi connectivity index (χ1n) is 13.0. The fourth-order valence-corrected chi connectivity index (χ4v) is 5.06. The molecule has 2 N–H and O–H groups in total. The van der Waals surface area contributed by atoms with Crippen LogP contribution in [0.4, 0.5) is 0 Å². The van der Waals surface area contributed by atoms with E-state index in [2.05, 4.69) is 27.7 Å². The van der Waals surface area contributed by atoms with Gasteiger partial charge in [0.05, 0.1) is 0 Å². The van der Waals surface area contributed by atoms with E-state index in [0.29, 0.717) is 12.8 Å². The molecule has 0 heterocycles. The van der Waals surface area contributed by atoms with Gasteiger partial charge in [-0.25, -0.2) is 0 Å². The van der Waals surface area contributed by atoms with E-state index < -0.39 is 22.8 Å². The molecule has 0 aliphatic heterocycles. The normalized spacial score (nSPS) is 22.7. The third kappa shape index (κ3) is 8.41. The molecule has 1 rings (SSSR count). The predicted octanol–water partition coefficient (Wildman–Crippen LogP) is 8.03. The van der Waals surface area contributed by atoms with Gasteiger partial charge in [0.1, 0.15) is 10.8 Å². The number of aliphatic carboxylic acids is 2. The van der Waals surface area contributed by atoms with Gasteiger partial charge in [-0.05, 0) is 24.7 Å². The first-order chi connectivity index (χ1) is 15.2. The van der Waals surface area contributed by atoms with Crippen LogP contribution in [-0.4, -0.2) is 22.2 Å². The second kappa shape index (κ2) is 14.5. The molecular formula is C28H48O4. The molecule has 2 unspecified atom stereocenters. The summed E-state index contributed by atoms with van der Waals surface area (Å²) >= 11 is 0. The number of carboxylic acids is 2. The van der Waals surface area contributed by atoms with E-state index in [0.717, 1.165) is 63.2 Å². The van der Waals surface area contributed by atoms with Crippen LogP contribution < -0.4 is 0 Å². The summed E-state index contributed by atoms with van der Waals surface area (Å²) in [7, 11) is 0. The Morgan fingerprint density at radius 2 is 0.906 bits per heavy atom. The molecule has 2 atom stereocenters. The highest BCUT2D eigenvalue weighted by atomic mass is 16.4. The highest BCUT2D eigenvalue weighted by Crippen LogP contribution is 2.52. The van der Waals surface area contributed by atoms with E-state index in [1.165, 1.54) is 25.7 Å². The van der Waals surface area contributed by atoms with E-state index in [9.17, 15) is 19.8 Å². The molecule has 0 saturated carbocycles. The maximum Gasteiger partial charge on any atom is 0.315 e. The average molecular weight is 449 g/mol. The van der Waals surface area contributed by atoms with Crippen molar-refractivity contribution >= 4 is 11.9 Å². The van der Waals surface area contributed by atoms with Gasteiger partial charge in [-0.1, -0.05) is 129 Å². The highest BCUT2D eigenvalue weighted by Gasteiger charge is 2.58. The first-order valence-corrected chi connectivity index (χ1v) is 13.0. The van der Waals surface area contributed by atoms with Gasteiger partial charge in [0, 0.05) is 0 Å². The third-order valence-electron chi connectivity index (χ3n) is 7.14. The molecule has 1 aliphatic rings. The highest BCUT2D eigenvalue weighted by molar-refractivity contribution is 5.90. The van der Waals surface area contributed by atoms with Crippen molar-refractivity contribution < 1.29 is 19.8 Å². The molecule has 0 bridgehead atoms. The van der Waals surface area contributed by atoms with Gasteiger partial charge in [0.15, 0.2) is 0 Å². The van der Waals surface area contributed by atoms with Crippen LogP contribution in [0.1, 0.15) is 118 Å². The van der Waals surface area contributed by atoms with Crippen molar-refractivity contribution in [1.82, 2.24) is 0 Å². The molecule has 0 radical (unpaired) electrons. The fourth-order valence-electron chi connectivity index (χ4n) is 5.06. The lowest BCUT2D eigenvalue weighted by atomic mass is 9.57. The van der Waals surface area contributed by atoms with Crippen molar-refractivity contribution in [1.29, 1.82) is 0 Å². The minimum Gasteiger partial charge on any atom is -0.481 e. The van der Waals surface area contributed by atoms with Crippen molar-refractivity contribution in [2.75, 3.05) is 0 Å². The van der Waals surface area contributed by atoms with Gasteiger partial charge in [0.2, 0.25) is 0 Å². The second-order valence-corrected chi connectivity index (χ2v) is 10.7. The average Bonchev–Trinajstić information content (AvgIpc) is 2.72. The maximum absolute atomic E-state index is 12.5. The minimum atomic E-state index is -1.36. The zero-order valence-electron chi connectivity index (χ0n) is 21.1. The summed E-state index contributed by atoms with van der Waals surface area (Å²) < 4.78 is 0. The quantitative estimate of drug-likeness (QED) is 0.208. The van der Waals surface area contributed by atoms with Crippen LogP contribution >= 0.6 is 0 Å². The maximum atomic E-state index is 12.5. The van der Waals surface area contributed by atoms with Gasteiger partial charge in [0.25, 0.3) is 0 Å². The Balaban J connectivity index is 2.72. The van der Waals surface area contributed by atoms with E-state index >= 15 is 0 Å². The van der Waals surface area contributed by atoms with Crippen LogP contribution in [0.25, 0.3) is 0 Å². The van der Waals surface area contributed by atoms with Crippen molar-refractivity contribution in [3.8, 4) is 0 Å². The Labute approximate surface area is 196 Å². The van der Waals surface area contributed by atoms with E-state index in [1.807, 2.05) is 0 Å².